The van der Waals surface area contributed by atoms with E-state index in [1.165, 1.54) is 5.56 Å². The molecule has 1 aromatic carbocycles. The second-order valence-corrected chi connectivity index (χ2v) is 5.47. The Hall–Kier alpha value is -1.35. The fourth-order valence-corrected chi connectivity index (χ4v) is 3.17. The molecule has 0 radical (unpaired) electrons. The van der Waals surface area contributed by atoms with E-state index in [4.69, 9.17) is 4.74 Å². The summed E-state index contributed by atoms with van der Waals surface area (Å²) >= 11 is 0. The summed E-state index contributed by atoms with van der Waals surface area (Å²) in [5, 5.41) is 0. The van der Waals surface area contributed by atoms with E-state index in [1.807, 2.05) is 6.07 Å². The van der Waals surface area contributed by atoms with Crippen LogP contribution in [0.4, 0.5) is 0 Å². The molecule has 18 heavy (non-hydrogen) atoms. The van der Waals surface area contributed by atoms with Crippen molar-refractivity contribution in [3.63, 3.8) is 0 Å². The molecule has 2 aliphatic rings. The second kappa shape index (κ2) is 4.73. The lowest BCUT2D eigenvalue weighted by Gasteiger charge is -2.37. The molecular weight excluding hydrogens is 226 g/mol. The van der Waals surface area contributed by atoms with Crippen LogP contribution in [0.5, 0.6) is 0 Å². The molecule has 2 fully saturated rings. The van der Waals surface area contributed by atoms with Crippen molar-refractivity contribution < 1.29 is 9.53 Å². The van der Waals surface area contributed by atoms with E-state index < -0.39 is 0 Å². The molecule has 0 bridgehead atoms. The normalized spacial score (nSPS) is 28.6. The monoisotopic (exact) mass is 245 g/mol. The van der Waals surface area contributed by atoms with Crippen LogP contribution >= 0.6 is 0 Å². The zero-order chi connectivity index (χ0) is 12.4. The van der Waals surface area contributed by atoms with E-state index in [0.29, 0.717) is 6.61 Å². The van der Waals surface area contributed by atoms with Gasteiger partial charge in [-0.1, -0.05) is 30.3 Å². The zero-order valence-corrected chi connectivity index (χ0v) is 10.6. The van der Waals surface area contributed by atoms with Crippen LogP contribution in [-0.4, -0.2) is 30.6 Å². The predicted octanol–water partition coefficient (Wildman–Crippen LogP) is 2.22. The first-order valence-corrected chi connectivity index (χ1v) is 6.72. The Bertz CT molecular complexity index is 431. The Kier molecular flexibility index (Phi) is 3.08. The van der Waals surface area contributed by atoms with Gasteiger partial charge in [-0.3, -0.25) is 9.69 Å². The fraction of sp³-hybridized carbons (Fsp3) is 0.533. The van der Waals surface area contributed by atoms with E-state index in [2.05, 4.69) is 29.2 Å². The van der Waals surface area contributed by atoms with Crippen LogP contribution < -0.4 is 0 Å². The van der Waals surface area contributed by atoms with Gasteiger partial charge in [0.05, 0.1) is 12.0 Å². The van der Waals surface area contributed by atoms with Gasteiger partial charge in [0, 0.05) is 13.1 Å². The Balaban J connectivity index is 1.69. The highest BCUT2D eigenvalue weighted by Gasteiger charge is 2.46. The third kappa shape index (κ3) is 2.15. The highest BCUT2D eigenvalue weighted by atomic mass is 16.5. The topological polar surface area (TPSA) is 29.5 Å². The number of likely N-dealkylation sites (tertiary alicyclic amines) is 1. The van der Waals surface area contributed by atoms with Gasteiger partial charge in [0.1, 0.15) is 0 Å². The average Bonchev–Trinajstić information content (AvgIpc) is 2.72. The number of piperidine rings is 1. The van der Waals surface area contributed by atoms with Gasteiger partial charge in [-0.2, -0.15) is 0 Å². The van der Waals surface area contributed by atoms with Gasteiger partial charge in [0.25, 0.3) is 0 Å². The van der Waals surface area contributed by atoms with Crippen LogP contribution in [-0.2, 0) is 16.1 Å². The van der Waals surface area contributed by atoms with Gasteiger partial charge >= 0.3 is 5.97 Å². The summed E-state index contributed by atoms with van der Waals surface area (Å²) in [5.41, 5.74) is 1.12. The quantitative estimate of drug-likeness (QED) is 0.748. The third-order valence-electron chi connectivity index (χ3n) is 4.15. The summed E-state index contributed by atoms with van der Waals surface area (Å²) in [6.07, 6.45) is 3.00. The molecule has 2 heterocycles. The number of hydrogen-bond donors (Lipinski definition) is 0. The van der Waals surface area contributed by atoms with Gasteiger partial charge in [-0.15, -0.1) is 0 Å². The number of cyclic esters (lactones) is 1. The van der Waals surface area contributed by atoms with Crippen molar-refractivity contribution in [1.29, 1.82) is 0 Å². The Labute approximate surface area is 108 Å². The van der Waals surface area contributed by atoms with E-state index in [-0.39, 0.29) is 11.4 Å². The highest BCUT2D eigenvalue weighted by molar-refractivity contribution is 5.79. The van der Waals surface area contributed by atoms with Crippen LogP contribution in [0, 0.1) is 5.41 Å². The maximum absolute atomic E-state index is 11.9. The Morgan fingerprint density at radius 1 is 1.22 bits per heavy atom. The molecule has 3 heteroatoms. The average molecular weight is 245 g/mol. The first-order valence-electron chi connectivity index (χ1n) is 6.72. The minimum Gasteiger partial charge on any atom is -0.465 e. The number of nitrogens with zero attached hydrogens (tertiary/aromatic N) is 1. The van der Waals surface area contributed by atoms with Crippen molar-refractivity contribution in [2.45, 2.75) is 25.8 Å². The van der Waals surface area contributed by atoms with Crippen LogP contribution in [0.15, 0.2) is 30.3 Å². The van der Waals surface area contributed by atoms with Crippen molar-refractivity contribution in [3.05, 3.63) is 35.9 Å². The van der Waals surface area contributed by atoms with E-state index in [0.717, 1.165) is 38.9 Å². The molecule has 1 aromatic rings. The summed E-state index contributed by atoms with van der Waals surface area (Å²) in [4.78, 5) is 14.3. The van der Waals surface area contributed by atoms with Crippen LogP contribution in [0.25, 0.3) is 0 Å². The SMILES string of the molecule is O=C1OCC[C@@]12CCCN(Cc1ccccc1)C2. The number of carbonyl (C=O) groups excluding carboxylic acids is 1. The molecule has 0 aromatic heterocycles. The number of rotatable bonds is 2. The summed E-state index contributed by atoms with van der Waals surface area (Å²) in [6.45, 7) is 3.50. The molecule has 3 rings (SSSR count). The number of ether oxygens (including phenoxy) is 1. The smallest absolute Gasteiger partial charge is 0.313 e. The standard InChI is InChI=1S/C15H19NO2/c17-14-15(8-10-18-14)7-4-9-16(12-15)11-13-5-2-1-3-6-13/h1-3,5-6H,4,7-12H2/t15-/m1/s1. The van der Waals surface area contributed by atoms with E-state index in [1.54, 1.807) is 0 Å². The molecule has 1 atom stereocenters. The maximum Gasteiger partial charge on any atom is 0.313 e. The molecule has 1 spiro atoms. The molecule has 0 aliphatic carbocycles. The molecular formula is C15H19NO2. The first-order chi connectivity index (χ1) is 8.78. The van der Waals surface area contributed by atoms with Crippen molar-refractivity contribution in [2.24, 2.45) is 5.41 Å². The summed E-state index contributed by atoms with van der Waals surface area (Å²) < 4.78 is 5.18. The molecule has 0 saturated carbocycles. The largest absolute Gasteiger partial charge is 0.465 e. The number of esters is 1. The minimum absolute atomic E-state index is 0.0280. The molecule has 0 N–H and O–H groups in total. The lowest BCUT2D eigenvalue weighted by molar-refractivity contribution is -0.148. The number of benzene rings is 1. The van der Waals surface area contributed by atoms with Crippen molar-refractivity contribution in [3.8, 4) is 0 Å². The summed E-state index contributed by atoms with van der Waals surface area (Å²) in [7, 11) is 0. The molecule has 96 valence electrons. The number of hydrogen-bond acceptors (Lipinski definition) is 3. The lowest BCUT2D eigenvalue weighted by Crippen LogP contribution is -2.45. The Morgan fingerprint density at radius 3 is 2.78 bits per heavy atom. The van der Waals surface area contributed by atoms with Gasteiger partial charge in [-0.05, 0) is 31.4 Å². The van der Waals surface area contributed by atoms with Crippen LogP contribution in [0.3, 0.4) is 0 Å². The summed E-state index contributed by atoms with van der Waals surface area (Å²) in [5.74, 6) is 0.0280. The van der Waals surface area contributed by atoms with Crippen molar-refractivity contribution in [2.75, 3.05) is 19.7 Å². The zero-order valence-electron chi connectivity index (χ0n) is 10.6. The van der Waals surface area contributed by atoms with Crippen LogP contribution in [0.2, 0.25) is 0 Å². The highest BCUT2D eigenvalue weighted by Crippen LogP contribution is 2.39. The molecule has 2 aliphatic heterocycles. The van der Waals surface area contributed by atoms with E-state index in [9.17, 15) is 4.79 Å². The van der Waals surface area contributed by atoms with Crippen molar-refractivity contribution in [1.82, 2.24) is 4.90 Å². The second-order valence-electron chi connectivity index (χ2n) is 5.47. The number of carbonyl (C=O) groups is 1. The summed E-state index contributed by atoms with van der Waals surface area (Å²) in [6, 6.07) is 10.5. The maximum atomic E-state index is 11.9. The van der Waals surface area contributed by atoms with Gasteiger partial charge < -0.3 is 4.74 Å². The van der Waals surface area contributed by atoms with Gasteiger partial charge in [0.15, 0.2) is 0 Å². The third-order valence-corrected chi connectivity index (χ3v) is 4.15. The fourth-order valence-electron chi connectivity index (χ4n) is 3.17. The molecule has 2 saturated heterocycles. The van der Waals surface area contributed by atoms with Crippen molar-refractivity contribution >= 4 is 5.97 Å². The molecule has 0 amide bonds. The van der Waals surface area contributed by atoms with Gasteiger partial charge in [0.2, 0.25) is 0 Å². The minimum atomic E-state index is -0.201. The predicted molar refractivity (Wildman–Crippen MR) is 69.0 cm³/mol. The van der Waals surface area contributed by atoms with Gasteiger partial charge in [-0.25, -0.2) is 0 Å². The molecule has 0 unspecified atom stereocenters. The Morgan fingerprint density at radius 2 is 2.06 bits per heavy atom. The first kappa shape index (κ1) is 11.7. The van der Waals surface area contributed by atoms with E-state index >= 15 is 0 Å². The lowest BCUT2D eigenvalue weighted by atomic mass is 9.78. The molecule has 3 nitrogen and oxygen atoms in total. The van der Waals surface area contributed by atoms with Crippen LogP contribution in [0.1, 0.15) is 24.8 Å².